The van der Waals surface area contributed by atoms with Gasteiger partial charge in [-0.25, -0.2) is 0 Å². The molecule has 0 aromatic carbocycles. The van der Waals surface area contributed by atoms with Crippen molar-refractivity contribution in [2.45, 2.75) is 13.3 Å². The fraction of sp³-hybridized carbons (Fsp3) is 0.750. The van der Waals surface area contributed by atoms with Crippen LogP contribution in [-0.2, 0) is 14.3 Å². The standard InChI is InChI=1S/C8H13NO3/c1-6-3-7(10)9(4-6)5-8(11)12-2/h6H,3-5H2,1-2H3/t6-/m1/s1. The number of hydrogen-bond donors (Lipinski definition) is 0. The molecule has 0 aromatic rings. The van der Waals surface area contributed by atoms with Crippen LogP contribution in [0.2, 0.25) is 0 Å². The van der Waals surface area contributed by atoms with E-state index >= 15 is 0 Å². The van der Waals surface area contributed by atoms with E-state index in [-0.39, 0.29) is 18.4 Å². The Morgan fingerprint density at radius 3 is 2.83 bits per heavy atom. The van der Waals surface area contributed by atoms with Gasteiger partial charge < -0.3 is 9.64 Å². The zero-order valence-electron chi connectivity index (χ0n) is 7.37. The van der Waals surface area contributed by atoms with Gasteiger partial charge in [0.15, 0.2) is 0 Å². The summed E-state index contributed by atoms with van der Waals surface area (Å²) in [5, 5.41) is 0. The van der Waals surface area contributed by atoms with E-state index in [1.807, 2.05) is 6.92 Å². The second kappa shape index (κ2) is 3.56. The van der Waals surface area contributed by atoms with E-state index in [1.54, 1.807) is 0 Å². The molecule has 1 fully saturated rings. The summed E-state index contributed by atoms with van der Waals surface area (Å²) >= 11 is 0. The Balaban J connectivity index is 2.43. The maximum Gasteiger partial charge on any atom is 0.325 e. The largest absolute Gasteiger partial charge is 0.468 e. The first-order valence-corrected chi connectivity index (χ1v) is 3.98. The maximum absolute atomic E-state index is 11.2. The number of nitrogens with zero attached hydrogens (tertiary/aromatic N) is 1. The second-order valence-electron chi connectivity index (χ2n) is 3.16. The average molecular weight is 171 g/mol. The van der Waals surface area contributed by atoms with Crippen molar-refractivity contribution in [2.75, 3.05) is 20.2 Å². The molecule has 1 saturated heterocycles. The third-order valence-electron chi connectivity index (χ3n) is 1.96. The van der Waals surface area contributed by atoms with Crippen molar-refractivity contribution in [1.29, 1.82) is 0 Å². The highest BCUT2D eigenvalue weighted by Gasteiger charge is 2.27. The monoisotopic (exact) mass is 171 g/mol. The van der Waals surface area contributed by atoms with Gasteiger partial charge in [-0.3, -0.25) is 9.59 Å². The number of carbonyl (C=O) groups is 2. The van der Waals surface area contributed by atoms with Crippen molar-refractivity contribution in [3.8, 4) is 0 Å². The minimum absolute atomic E-state index is 0.0490. The van der Waals surface area contributed by atoms with Gasteiger partial charge >= 0.3 is 5.97 Å². The molecule has 0 N–H and O–H groups in total. The fourth-order valence-electron chi connectivity index (χ4n) is 1.34. The van der Waals surface area contributed by atoms with Gasteiger partial charge in [-0.1, -0.05) is 6.92 Å². The summed E-state index contributed by atoms with van der Waals surface area (Å²) in [6.07, 6.45) is 0.553. The molecule has 12 heavy (non-hydrogen) atoms. The Morgan fingerprint density at radius 1 is 1.75 bits per heavy atom. The van der Waals surface area contributed by atoms with Crippen LogP contribution in [0.4, 0.5) is 0 Å². The Morgan fingerprint density at radius 2 is 2.42 bits per heavy atom. The summed E-state index contributed by atoms with van der Waals surface area (Å²) in [7, 11) is 1.33. The Bertz CT molecular complexity index is 202. The van der Waals surface area contributed by atoms with E-state index in [4.69, 9.17) is 0 Å². The van der Waals surface area contributed by atoms with Gasteiger partial charge in [0.25, 0.3) is 0 Å². The molecule has 0 saturated carbocycles. The lowest BCUT2D eigenvalue weighted by Crippen LogP contribution is -2.31. The van der Waals surface area contributed by atoms with Crippen LogP contribution in [0.25, 0.3) is 0 Å². The van der Waals surface area contributed by atoms with E-state index < -0.39 is 0 Å². The highest BCUT2D eigenvalue weighted by molar-refractivity contribution is 5.83. The summed E-state index contributed by atoms with van der Waals surface area (Å²) in [4.78, 5) is 23.5. The van der Waals surface area contributed by atoms with Gasteiger partial charge in [0.2, 0.25) is 5.91 Å². The number of rotatable bonds is 2. The van der Waals surface area contributed by atoms with Crippen molar-refractivity contribution in [2.24, 2.45) is 5.92 Å². The SMILES string of the molecule is COC(=O)CN1C[C@H](C)CC1=O. The van der Waals surface area contributed by atoms with Crippen molar-refractivity contribution in [3.05, 3.63) is 0 Å². The first-order valence-electron chi connectivity index (χ1n) is 3.98. The Kier molecular flexibility index (Phi) is 2.68. The van der Waals surface area contributed by atoms with Crippen LogP contribution >= 0.6 is 0 Å². The quantitative estimate of drug-likeness (QED) is 0.550. The summed E-state index contributed by atoms with van der Waals surface area (Å²) in [5.74, 6) is 0.0625. The van der Waals surface area contributed by atoms with E-state index in [2.05, 4.69) is 4.74 Å². The van der Waals surface area contributed by atoms with Gasteiger partial charge in [0.05, 0.1) is 7.11 Å². The average Bonchev–Trinajstić information content (AvgIpc) is 2.30. The van der Waals surface area contributed by atoms with Crippen molar-refractivity contribution in [1.82, 2.24) is 4.90 Å². The fourth-order valence-corrected chi connectivity index (χ4v) is 1.34. The number of hydrogen-bond acceptors (Lipinski definition) is 3. The lowest BCUT2D eigenvalue weighted by molar-refractivity contribution is -0.145. The molecule has 4 nitrogen and oxygen atoms in total. The van der Waals surface area contributed by atoms with Crippen LogP contribution in [0.3, 0.4) is 0 Å². The third-order valence-corrected chi connectivity index (χ3v) is 1.96. The van der Waals surface area contributed by atoms with Crippen LogP contribution in [-0.4, -0.2) is 37.0 Å². The molecule has 0 unspecified atom stereocenters. The molecule has 0 aromatic heterocycles. The summed E-state index contributed by atoms with van der Waals surface area (Å²) in [6, 6.07) is 0. The highest BCUT2D eigenvalue weighted by Crippen LogP contribution is 2.15. The van der Waals surface area contributed by atoms with E-state index in [1.165, 1.54) is 12.0 Å². The zero-order chi connectivity index (χ0) is 9.14. The number of esters is 1. The summed E-state index contributed by atoms with van der Waals surface area (Å²) < 4.78 is 4.46. The number of ether oxygens (including phenoxy) is 1. The van der Waals surface area contributed by atoms with Crippen molar-refractivity contribution >= 4 is 11.9 Å². The molecule has 1 amide bonds. The topological polar surface area (TPSA) is 46.6 Å². The molecule has 4 heteroatoms. The van der Waals surface area contributed by atoms with Crippen molar-refractivity contribution in [3.63, 3.8) is 0 Å². The van der Waals surface area contributed by atoms with E-state index in [0.29, 0.717) is 18.9 Å². The third kappa shape index (κ3) is 1.96. The normalized spacial score (nSPS) is 23.0. The second-order valence-corrected chi connectivity index (χ2v) is 3.16. The minimum Gasteiger partial charge on any atom is -0.468 e. The smallest absolute Gasteiger partial charge is 0.325 e. The van der Waals surface area contributed by atoms with Gasteiger partial charge in [-0.2, -0.15) is 0 Å². The van der Waals surface area contributed by atoms with Crippen LogP contribution in [0, 0.1) is 5.92 Å². The van der Waals surface area contributed by atoms with Gasteiger partial charge in [-0.15, -0.1) is 0 Å². The molecule has 0 radical (unpaired) electrons. The van der Waals surface area contributed by atoms with Crippen LogP contribution in [0.5, 0.6) is 0 Å². The molecule has 0 aliphatic carbocycles. The molecule has 0 bridgehead atoms. The molecular weight excluding hydrogens is 158 g/mol. The van der Waals surface area contributed by atoms with Gasteiger partial charge in [0, 0.05) is 13.0 Å². The number of amides is 1. The molecule has 1 heterocycles. The lowest BCUT2D eigenvalue weighted by atomic mass is 10.2. The molecule has 68 valence electrons. The Hall–Kier alpha value is -1.06. The summed E-state index contributed by atoms with van der Waals surface area (Å²) in [5.41, 5.74) is 0. The predicted molar refractivity (Wildman–Crippen MR) is 42.4 cm³/mol. The lowest BCUT2D eigenvalue weighted by Gasteiger charge is -2.13. The van der Waals surface area contributed by atoms with Gasteiger partial charge in [0.1, 0.15) is 6.54 Å². The summed E-state index contributed by atoms with van der Waals surface area (Å²) in [6.45, 7) is 2.77. The first-order chi connectivity index (χ1) is 5.63. The number of carbonyl (C=O) groups excluding carboxylic acids is 2. The first kappa shape index (κ1) is 9.03. The zero-order valence-corrected chi connectivity index (χ0v) is 7.37. The Labute approximate surface area is 71.5 Å². The van der Waals surface area contributed by atoms with E-state index in [9.17, 15) is 9.59 Å². The molecular formula is C8H13NO3. The molecule has 0 spiro atoms. The minimum atomic E-state index is -0.350. The molecule has 1 aliphatic heterocycles. The highest BCUT2D eigenvalue weighted by atomic mass is 16.5. The number of likely N-dealkylation sites (tertiary alicyclic amines) is 1. The van der Waals surface area contributed by atoms with Crippen molar-refractivity contribution < 1.29 is 14.3 Å². The predicted octanol–water partition coefficient (Wildman–Crippen LogP) is 0.0278. The van der Waals surface area contributed by atoms with Crippen LogP contribution < -0.4 is 0 Å². The van der Waals surface area contributed by atoms with Crippen LogP contribution in [0.15, 0.2) is 0 Å². The molecule has 1 atom stereocenters. The number of methoxy groups -OCH3 is 1. The molecule has 1 rings (SSSR count). The molecule has 1 aliphatic rings. The van der Waals surface area contributed by atoms with Crippen LogP contribution in [0.1, 0.15) is 13.3 Å². The van der Waals surface area contributed by atoms with Gasteiger partial charge in [-0.05, 0) is 5.92 Å². The maximum atomic E-state index is 11.2. The van der Waals surface area contributed by atoms with E-state index in [0.717, 1.165) is 0 Å².